The molecule has 0 atom stereocenters. The second-order valence-corrected chi connectivity index (χ2v) is 5.86. The third-order valence-electron chi connectivity index (χ3n) is 4.55. The quantitative estimate of drug-likeness (QED) is 0.777. The molecule has 0 unspecified atom stereocenters. The van der Waals surface area contributed by atoms with E-state index in [-0.39, 0.29) is 12.5 Å². The van der Waals surface area contributed by atoms with Crippen molar-refractivity contribution in [3.05, 3.63) is 11.8 Å². The van der Waals surface area contributed by atoms with Crippen LogP contribution >= 0.6 is 0 Å². The molecule has 0 heterocycles. The van der Waals surface area contributed by atoms with Crippen molar-refractivity contribution in [1.82, 2.24) is 9.80 Å². The maximum absolute atomic E-state index is 12.6. The van der Waals surface area contributed by atoms with Gasteiger partial charge in [0, 0.05) is 24.8 Å². The van der Waals surface area contributed by atoms with Gasteiger partial charge in [-0.25, -0.2) is 0 Å². The van der Waals surface area contributed by atoms with E-state index in [4.69, 9.17) is 0 Å². The van der Waals surface area contributed by atoms with Crippen molar-refractivity contribution in [1.29, 1.82) is 0 Å². The Hall–Kier alpha value is -0.870. The van der Waals surface area contributed by atoms with Crippen molar-refractivity contribution in [2.75, 3.05) is 26.2 Å². The number of aliphatic hydroxyl groups is 1. The normalized spacial score (nSPS) is 19.6. The van der Waals surface area contributed by atoms with E-state index in [2.05, 4.69) is 11.0 Å². The molecule has 0 saturated heterocycles. The number of hydrogen-bond acceptors (Lipinski definition) is 3. The highest BCUT2D eigenvalue weighted by molar-refractivity contribution is 5.80. The largest absolute Gasteiger partial charge is 0.395 e. The number of carbonyl (C=O) groups is 1. The summed E-state index contributed by atoms with van der Waals surface area (Å²) in [4.78, 5) is 16.7. The lowest BCUT2D eigenvalue weighted by molar-refractivity contribution is -0.131. The Kier molecular flexibility index (Phi) is 6.05. The van der Waals surface area contributed by atoms with Crippen LogP contribution in [-0.4, -0.2) is 53.1 Å². The Bertz CT molecular complexity index is 350. The van der Waals surface area contributed by atoms with Gasteiger partial charge in [-0.05, 0) is 45.4 Å². The zero-order valence-corrected chi connectivity index (χ0v) is 12.7. The number of aliphatic hydroxyl groups excluding tert-OH is 1. The molecule has 0 bridgehead atoms. The van der Waals surface area contributed by atoms with Gasteiger partial charge in [-0.1, -0.05) is 12.5 Å². The van der Waals surface area contributed by atoms with Gasteiger partial charge in [-0.3, -0.25) is 9.69 Å². The highest BCUT2D eigenvalue weighted by atomic mass is 16.3. The number of hydrogen-bond donors (Lipinski definition) is 1. The second kappa shape index (κ2) is 7.79. The van der Waals surface area contributed by atoms with Gasteiger partial charge >= 0.3 is 0 Å². The Morgan fingerprint density at radius 2 is 2.15 bits per heavy atom. The predicted octanol–water partition coefficient (Wildman–Crippen LogP) is 2.14. The molecule has 2 rings (SSSR count). The van der Waals surface area contributed by atoms with Crippen LogP contribution in [0.1, 0.15) is 51.9 Å². The fourth-order valence-electron chi connectivity index (χ4n) is 3.14. The molecule has 0 aromatic rings. The van der Waals surface area contributed by atoms with Crippen LogP contribution in [0.25, 0.3) is 0 Å². The molecule has 0 aromatic carbocycles. The van der Waals surface area contributed by atoms with Crippen LogP contribution < -0.4 is 0 Å². The first-order valence-corrected chi connectivity index (χ1v) is 8.10. The molecule has 4 nitrogen and oxygen atoms in total. The number of nitrogens with zero attached hydrogens (tertiary/aromatic N) is 2. The maximum atomic E-state index is 12.6. The maximum Gasteiger partial charge on any atom is 0.240 e. The van der Waals surface area contributed by atoms with Gasteiger partial charge in [-0.2, -0.15) is 0 Å². The van der Waals surface area contributed by atoms with Gasteiger partial charge in [-0.15, -0.1) is 0 Å². The molecule has 114 valence electrons. The summed E-state index contributed by atoms with van der Waals surface area (Å²) in [6.07, 6.45) is 10.4. The first kappa shape index (κ1) is 15.5. The van der Waals surface area contributed by atoms with E-state index in [1.165, 1.54) is 37.8 Å². The molecule has 4 heteroatoms. The topological polar surface area (TPSA) is 43.8 Å². The van der Waals surface area contributed by atoms with Crippen LogP contribution in [0.2, 0.25) is 0 Å². The van der Waals surface area contributed by atoms with Crippen molar-refractivity contribution in [3.63, 3.8) is 0 Å². The van der Waals surface area contributed by atoms with Crippen molar-refractivity contribution in [2.45, 2.75) is 57.9 Å². The Morgan fingerprint density at radius 3 is 2.65 bits per heavy atom. The highest BCUT2D eigenvalue weighted by Gasteiger charge is 2.28. The standard InChI is InChI=1S/C16H28N2O2/c1-2-18(15-7-4-3-5-8-15)16(20)13-17(11-12-19)14-9-6-10-14/h7,14,19H,2-6,8-13H2,1H3. The zero-order chi connectivity index (χ0) is 14.4. The molecular weight excluding hydrogens is 252 g/mol. The third-order valence-corrected chi connectivity index (χ3v) is 4.55. The smallest absolute Gasteiger partial charge is 0.240 e. The van der Waals surface area contributed by atoms with Crippen LogP contribution in [0.15, 0.2) is 11.8 Å². The second-order valence-electron chi connectivity index (χ2n) is 5.86. The number of carbonyl (C=O) groups excluding carboxylic acids is 1. The first-order valence-electron chi connectivity index (χ1n) is 8.10. The van der Waals surface area contributed by atoms with Gasteiger partial charge in [0.1, 0.15) is 0 Å². The van der Waals surface area contributed by atoms with Crippen LogP contribution in [-0.2, 0) is 4.79 Å². The minimum absolute atomic E-state index is 0.138. The average Bonchev–Trinajstić information content (AvgIpc) is 2.39. The fraction of sp³-hybridized carbons (Fsp3) is 0.812. The third kappa shape index (κ3) is 3.83. The molecular formula is C16H28N2O2. The predicted molar refractivity (Wildman–Crippen MR) is 80.2 cm³/mol. The highest BCUT2D eigenvalue weighted by Crippen LogP contribution is 2.25. The van der Waals surface area contributed by atoms with Crippen LogP contribution in [0.3, 0.4) is 0 Å². The van der Waals surface area contributed by atoms with Gasteiger partial charge < -0.3 is 10.0 Å². The van der Waals surface area contributed by atoms with Crippen molar-refractivity contribution < 1.29 is 9.90 Å². The average molecular weight is 280 g/mol. The number of rotatable bonds is 7. The zero-order valence-electron chi connectivity index (χ0n) is 12.7. The van der Waals surface area contributed by atoms with Gasteiger partial charge in [0.25, 0.3) is 0 Å². The first-order chi connectivity index (χ1) is 9.76. The van der Waals surface area contributed by atoms with E-state index >= 15 is 0 Å². The molecule has 1 amide bonds. The molecule has 0 radical (unpaired) electrons. The summed E-state index contributed by atoms with van der Waals surface area (Å²) in [5.74, 6) is 0.195. The van der Waals surface area contributed by atoms with Crippen LogP contribution in [0.4, 0.5) is 0 Å². The molecule has 1 saturated carbocycles. The van der Waals surface area contributed by atoms with Crippen molar-refractivity contribution in [2.24, 2.45) is 0 Å². The van der Waals surface area contributed by atoms with Crippen molar-refractivity contribution >= 4 is 5.91 Å². The van der Waals surface area contributed by atoms with Gasteiger partial charge in [0.15, 0.2) is 0 Å². The summed E-state index contributed by atoms with van der Waals surface area (Å²) in [6, 6.07) is 0.505. The summed E-state index contributed by atoms with van der Waals surface area (Å²) >= 11 is 0. The lowest BCUT2D eigenvalue weighted by atomic mass is 9.91. The molecule has 20 heavy (non-hydrogen) atoms. The minimum atomic E-state index is 0.138. The Labute approximate surface area is 122 Å². The molecule has 0 aromatic heterocycles. The molecule has 0 aliphatic heterocycles. The van der Waals surface area contributed by atoms with Gasteiger partial charge in [0.2, 0.25) is 5.91 Å². The monoisotopic (exact) mass is 280 g/mol. The summed E-state index contributed by atoms with van der Waals surface area (Å²) in [7, 11) is 0. The summed E-state index contributed by atoms with van der Waals surface area (Å²) in [5.41, 5.74) is 1.21. The molecule has 1 fully saturated rings. The minimum Gasteiger partial charge on any atom is -0.395 e. The summed E-state index contributed by atoms with van der Waals surface area (Å²) in [6.45, 7) is 4.01. The SMILES string of the molecule is CCN(C(=O)CN(CCO)C1CCC1)C1=CCCCC1. The molecule has 0 spiro atoms. The van der Waals surface area contributed by atoms with E-state index in [1.54, 1.807) is 0 Å². The van der Waals surface area contributed by atoms with E-state index < -0.39 is 0 Å². The van der Waals surface area contributed by atoms with E-state index in [1.807, 2.05) is 11.8 Å². The number of allylic oxidation sites excluding steroid dienone is 2. The van der Waals surface area contributed by atoms with Crippen LogP contribution in [0.5, 0.6) is 0 Å². The Balaban J connectivity index is 1.94. The molecule has 1 N–H and O–H groups in total. The number of amides is 1. The van der Waals surface area contributed by atoms with E-state index in [0.29, 0.717) is 19.1 Å². The molecule has 2 aliphatic carbocycles. The summed E-state index contributed by atoms with van der Waals surface area (Å²) < 4.78 is 0. The lowest BCUT2D eigenvalue weighted by Crippen LogP contribution is -2.48. The van der Waals surface area contributed by atoms with Crippen LogP contribution in [0, 0.1) is 0 Å². The van der Waals surface area contributed by atoms with Gasteiger partial charge in [0.05, 0.1) is 13.2 Å². The lowest BCUT2D eigenvalue weighted by Gasteiger charge is -2.38. The van der Waals surface area contributed by atoms with E-state index in [9.17, 15) is 9.90 Å². The Morgan fingerprint density at radius 1 is 1.35 bits per heavy atom. The number of likely N-dealkylation sites (N-methyl/N-ethyl adjacent to an activating group) is 1. The fourth-order valence-corrected chi connectivity index (χ4v) is 3.14. The van der Waals surface area contributed by atoms with E-state index in [0.717, 1.165) is 19.4 Å². The van der Waals surface area contributed by atoms with Crippen molar-refractivity contribution in [3.8, 4) is 0 Å². The summed E-state index contributed by atoms with van der Waals surface area (Å²) in [5, 5.41) is 9.18. The molecule has 2 aliphatic rings.